The number of Topliss-reactive ketones (excluding diaryl/α,β-unsaturated/α-hetero) is 1. The zero-order valence-electron chi connectivity index (χ0n) is 10.2. The number of aromatic nitrogens is 1. The van der Waals surface area contributed by atoms with Crippen LogP contribution in [0.25, 0.3) is 10.9 Å². The predicted octanol–water partition coefficient (Wildman–Crippen LogP) is 3.73. The van der Waals surface area contributed by atoms with Crippen molar-refractivity contribution in [3.05, 3.63) is 71.7 Å². The van der Waals surface area contributed by atoms with Gasteiger partial charge in [-0.3, -0.25) is 4.79 Å². The molecule has 1 heterocycles. The Labute approximate surface area is 109 Å². The third kappa shape index (κ3) is 2.27. The number of hydrogen-bond donors (Lipinski definition) is 1. The minimum Gasteiger partial charge on any atom is -0.361 e. The van der Waals surface area contributed by atoms with E-state index >= 15 is 0 Å². The van der Waals surface area contributed by atoms with Crippen LogP contribution in [0.15, 0.2) is 54.7 Å². The number of ketones is 1. The maximum absolute atomic E-state index is 13.5. The summed E-state index contributed by atoms with van der Waals surface area (Å²) in [5.41, 5.74) is 2.07. The fourth-order valence-electron chi connectivity index (χ4n) is 2.18. The molecule has 0 saturated heterocycles. The van der Waals surface area contributed by atoms with Gasteiger partial charge in [0.1, 0.15) is 5.82 Å². The van der Waals surface area contributed by atoms with Gasteiger partial charge in [-0.25, -0.2) is 4.39 Å². The van der Waals surface area contributed by atoms with Gasteiger partial charge in [-0.05, 0) is 41.3 Å². The molecule has 3 heteroatoms. The monoisotopic (exact) mass is 253 g/mol. The van der Waals surface area contributed by atoms with Gasteiger partial charge < -0.3 is 4.98 Å². The molecule has 0 radical (unpaired) electrons. The molecule has 0 aliphatic rings. The molecule has 3 rings (SSSR count). The van der Waals surface area contributed by atoms with E-state index in [1.54, 1.807) is 12.1 Å². The number of benzene rings is 2. The van der Waals surface area contributed by atoms with Crippen LogP contribution in [0.3, 0.4) is 0 Å². The van der Waals surface area contributed by atoms with Gasteiger partial charge in [0.2, 0.25) is 0 Å². The highest BCUT2D eigenvalue weighted by atomic mass is 19.1. The molecule has 0 aliphatic heterocycles. The number of aromatic amines is 1. The van der Waals surface area contributed by atoms with Crippen LogP contribution in [-0.2, 0) is 6.42 Å². The second-order valence-electron chi connectivity index (χ2n) is 4.48. The van der Waals surface area contributed by atoms with E-state index < -0.39 is 5.82 Å². The first-order valence-corrected chi connectivity index (χ1v) is 6.08. The second-order valence-corrected chi connectivity index (χ2v) is 4.48. The maximum Gasteiger partial charge on any atom is 0.170 e. The van der Waals surface area contributed by atoms with E-state index in [0.29, 0.717) is 0 Å². The summed E-state index contributed by atoms with van der Waals surface area (Å²) in [6, 6.07) is 13.8. The Balaban J connectivity index is 1.88. The maximum atomic E-state index is 13.5. The fraction of sp³-hybridized carbons (Fsp3) is 0.0625. The van der Waals surface area contributed by atoms with Gasteiger partial charge in [-0.1, -0.05) is 18.2 Å². The van der Waals surface area contributed by atoms with Crippen molar-refractivity contribution in [2.24, 2.45) is 0 Å². The van der Waals surface area contributed by atoms with Crippen molar-refractivity contribution in [2.75, 3.05) is 0 Å². The smallest absolute Gasteiger partial charge is 0.170 e. The molecule has 1 aromatic heterocycles. The molecule has 3 aromatic rings. The molecule has 0 aliphatic carbocycles. The van der Waals surface area contributed by atoms with Crippen LogP contribution < -0.4 is 0 Å². The van der Waals surface area contributed by atoms with Crippen LogP contribution in [0, 0.1) is 5.82 Å². The summed E-state index contributed by atoms with van der Waals surface area (Å²) in [7, 11) is 0. The number of H-pyrrole nitrogens is 1. The summed E-state index contributed by atoms with van der Waals surface area (Å²) in [4.78, 5) is 15.2. The molecular weight excluding hydrogens is 241 g/mol. The van der Waals surface area contributed by atoms with E-state index in [1.807, 2.05) is 30.5 Å². The highest BCUT2D eigenvalue weighted by Gasteiger charge is 2.11. The summed E-state index contributed by atoms with van der Waals surface area (Å²) in [6.07, 6.45) is 2.06. The van der Waals surface area contributed by atoms with Crippen molar-refractivity contribution in [3.63, 3.8) is 0 Å². The van der Waals surface area contributed by atoms with Gasteiger partial charge in [-0.15, -0.1) is 0 Å². The third-order valence-electron chi connectivity index (χ3n) is 3.16. The summed E-state index contributed by atoms with van der Waals surface area (Å²) in [5, 5.41) is 1.05. The van der Waals surface area contributed by atoms with Crippen LogP contribution in [0.2, 0.25) is 0 Å². The SMILES string of the molecule is O=C(Cc1ccc2[nH]ccc2c1)c1ccccc1F. The van der Waals surface area contributed by atoms with Gasteiger partial charge in [-0.2, -0.15) is 0 Å². The van der Waals surface area contributed by atoms with E-state index in [1.165, 1.54) is 12.1 Å². The predicted molar refractivity (Wildman–Crippen MR) is 72.7 cm³/mol. The van der Waals surface area contributed by atoms with Crippen LogP contribution in [0.1, 0.15) is 15.9 Å². The average molecular weight is 253 g/mol. The fourth-order valence-corrected chi connectivity index (χ4v) is 2.18. The highest BCUT2D eigenvalue weighted by Crippen LogP contribution is 2.17. The quantitative estimate of drug-likeness (QED) is 0.709. The lowest BCUT2D eigenvalue weighted by molar-refractivity contribution is 0.0989. The number of hydrogen-bond acceptors (Lipinski definition) is 1. The normalized spacial score (nSPS) is 10.8. The average Bonchev–Trinajstić information content (AvgIpc) is 2.86. The molecule has 0 spiro atoms. The first kappa shape index (κ1) is 11.7. The Morgan fingerprint density at radius 2 is 1.95 bits per heavy atom. The minimum atomic E-state index is -0.463. The molecule has 0 bridgehead atoms. The minimum absolute atomic E-state index is 0.150. The summed E-state index contributed by atoms with van der Waals surface area (Å²) in [5.74, 6) is -0.664. The van der Waals surface area contributed by atoms with Crippen molar-refractivity contribution < 1.29 is 9.18 Å². The molecular formula is C16H12FNO. The number of nitrogens with one attached hydrogen (secondary N) is 1. The lowest BCUT2D eigenvalue weighted by atomic mass is 10.0. The van der Waals surface area contributed by atoms with Crippen molar-refractivity contribution in [1.82, 2.24) is 4.98 Å². The lowest BCUT2D eigenvalue weighted by Gasteiger charge is -2.03. The molecule has 0 unspecified atom stereocenters. The molecule has 1 N–H and O–H groups in total. The lowest BCUT2D eigenvalue weighted by Crippen LogP contribution is -2.05. The molecule has 19 heavy (non-hydrogen) atoms. The largest absolute Gasteiger partial charge is 0.361 e. The van der Waals surface area contributed by atoms with Crippen LogP contribution in [0.4, 0.5) is 4.39 Å². The first-order valence-electron chi connectivity index (χ1n) is 6.08. The number of fused-ring (bicyclic) bond motifs is 1. The molecule has 0 amide bonds. The number of halogens is 1. The van der Waals surface area contributed by atoms with Gasteiger partial charge >= 0.3 is 0 Å². The Hall–Kier alpha value is -2.42. The third-order valence-corrected chi connectivity index (χ3v) is 3.16. The standard InChI is InChI=1S/C16H12FNO/c17-14-4-2-1-3-13(14)16(19)10-11-5-6-15-12(9-11)7-8-18-15/h1-9,18H,10H2. The molecule has 2 nitrogen and oxygen atoms in total. The summed E-state index contributed by atoms with van der Waals surface area (Å²) >= 11 is 0. The van der Waals surface area contributed by atoms with E-state index in [2.05, 4.69) is 4.98 Å². The van der Waals surface area contributed by atoms with Crippen molar-refractivity contribution in [3.8, 4) is 0 Å². The summed E-state index contributed by atoms with van der Waals surface area (Å²) in [6.45, 7) is 0. The van der Waals surface area contributed by atoms with E-state index in [-0.39, 0.29) is 17.8 Å². The van der Waals surface area contributed by atoms with Crippen LogP contribution >= 0.6 is 0 Å². The molecule has 0 saturated carbocycles. The van der Waals surface area contributed by atoms with E-state index in [4.69, 9.17) is 0 Å². The first-order chi connectivity index (χ1) is 9.24. The van der Waals surface area contributed by atoms with Gasteiger partial charge in [0.05, 0.1) is 5.56 Å². The van der Waals surface area contributed by atoms with Gasteiger partial charge in [0.15, 0.2) is 5.78 Å². The van der Waals surface area contributed by atoms with Crippen LogP contribution in [-0.4, -0.2) is 10.8 Å². The Morgan fingerprint density at radius 3 is 2.79 bits per heavy atom. The van der Waals surface area contributed by atoms with Crippen molar-refractivity contribution >= 4 is 16.7 Å². The van der Waals surface area contributed by atoms with E-state index in [9.17, 15) is 9.18 Å². The molecule has 0 fully saturated rings. The van der Waals surface area contributed by atoms with Gasteiger partial charge in [0.25, 0.3) is 0 Å². The van der Waals surface area contributed by atoms with Gasteiger partial charge in [0, 0.05) is 18.1 Å². The molecule has 0 atom stereocenters. The molecule has 94 valence electrons. The molecule has 2 aromatic carbocycles. The topological polar surface area (TPSA) is 32.9 Å². The second kappa shape index (κ2) is 4.69. The Morgan fingerprint density at radius 1 is 1.11 bits per heavy atom. The van der Waals surface area contributed by atoms with E-state index in [0.717, 1.165) is 16.5 Å². The highest BCUT2D eigenvalue weighted by molar-refractivity contribution is 5.98. The number of carbonyl (C=O) groups excluding carboxylic acids is 1. The Bertz CT molecular complexity index is 745. The summed E-state index contributed by atoms with van der Waals surface area (Å²) < 4.78 is 13.5. The number of rotatable bonds is 3. The van der Waals surface area contributed by atoms with Crippen molar-refractivity contribution in [2.45, 2.75) is 6.42 Å². The van der Waals surface area contributed by atoms with Crippen molar-refractivity contribution in [1.29, 1.82) is 0 Å². The zero-order valence-corrected chi connectivity index (χ0v) is 10.2. The number of carbonyl (C=O) groups is 1. The van der Waals surface area contributed by atoms with Crippen LogP contribution in [0.5, 0.6) is 0 Å². The Kier molecular flexibility index (Phi) is 2.88. The zero-order chi connectivity index (χ0) is 13.2.